The molecule has 0 aromatic carbocycles. The van der Waals surface area contributed by atoms with E-state index in [1.54, 1.807) is 6.42 Å². The van der Waals surface area contributed by atoms with Gasteiger partial charge in [-0.05, 0) is 50.5 Å². The summed E-state index contributed by atoms with van der Waals surface area (Å²) < 4.78 is 0. The van der Waals surface area contributed by atoms with Crippen molar-refractivity contribution in [2.45, 2.75) is 167 Å². The second-order valence-electron chi connectivity index (χ2n) is 12.2. The summed E-state index contributed by atoms with van der Waals surface area (Å²) in [6, 6.07) is 0.874. The summed E-state index contributed by atoms with van der Waals surface area (Å²) in [6.07, 6.45) is 37.6. The van der Waals surface area contributed by atoms with Crippen molar-refractivity contribution in [2.75, 3.05) is 13.6 Å². The quantitative estimate of drug-likeness (QED) is 0.358. The summed E-state index contributed by atoms with van der Waals surface area (Å²) in [5, 5.41) is 0. The van der Waals surface area contributed by atoms with Crippen molar-refractivity contribution in [1.29, 1.82) is 0 Å². The van der Waals surface area contributed by atoms with Crippen LogP contribution in [0.4, 0.5) is 0 Å². The highest BCUT2D eigenvalue weighted by atomic mass is 15.1. The Bertz CT molecular complexity index is 446. The average Bonchev–Trinajstić information content (AvgIpc) is 2.87. The van der Waals surface area contributed by atoms with Gasteiger partial charge in [-0.2, -0.15) is 0 Å². The van der Waals surface area contributed by atoms with Gasteiger partial charge in [0.2, 0.25) is 0 Å². The lowest BCUT2D eigenvalue weighted by atomic mass is 9.80. The molecule has 1 saturated heterocycles. The van der Waals surface area contributed by atoms with Gasteiger partial charge in [0.25, 0.3) is 0 Å². The molecule has 4 atom stereocenters. The maximum Gasteiger partial charge on any atom is 0.0121 e. The van der Waals surface area contributed by atoms with E-state index in [1.165, 1.54) is 161 Å². The van der Waals surface area contributed by atoms with Gasteiger partial charge < -0.3 is 4.90 Å². The summed E-state index contributed by atoms with van der Waals surface area (Å²) >= 11 is 0. The zero-order chi connectivity index (χ0) is 22.3. The fourth-order valence-corrected chi connectivity index (χ4v) is 7.63. The molecule has 3 fully saturated rings. The van der Waals surface area contributed by atoms with Crippen molar-refractivity contribution in [2.24, 2.45) is 17.8 Å². The molecule has 2 aliphatic carbocycles. The maximum atomic E-state index is 2.92. The van der Waals surface area contributed by atoms with Crippen molar-refractivity contribution in [3.63, 3.8) is 0 Å². The summed E-state index contributed by atoms with van der Waals surface area (Å²) in [6.45, 7) is 1.41. The SMILES string of the molecule is CN1CC2CCCCCCCCCCCC2CCCC2CCCCCCCCCCCC21. The Morgan fingerprint density at radius 3 is 1.22 bits per heavy atom. The van der Waals surface area contributed by atoms with Crippen molar-refractivity contribution in [3.8, 4) is 0 Å². The van der Waals surface area contributed by atoms with Gasteiger partial charge in [-0.15, -0.1) is 0 Å². The lowest BCUT2D eigenvalue weighted by molar-refractivity contribution is 0.116. The standard InChI is InChI=1S/C31H59N/c1-32-27-30-23-18-14-10-6-2-4-8-12-16-21-28(30)24-20-25-29-22-17-13-9-5-3-7-11-15-19-26-31(29)32/h28-31H,2-27H2,1H3. The third-order valence-corrected chi connectivity index (χ3v) is 9.67. The van der Waals surface area contributed by atoms with Gasteiger partial charge in [-0.25, -0.2) is 0 Å². The van der Waals surface area contributed by atoms with Crippen LogP contribution in [0.15, 0.2) is 0 Å². The number of hydrogen-bond donors (Lipinski definition) is 0. The minimum atomic E-state index is 0.874. The van der Waals surface area contributed by atoms with E-state index in [2.05, 4.69) is 11.9 Å². The Kier molecular flexibility index (Phi) is 13.7. The maximum absolute atomic E-state index is 2.92. The molecule has 1 nitrogen and oxygen atoms in total. The van der Waals surface area contributed by atoms with Crippen LogP contribution in [0.3, 0.4) is 0 Å². The predicted octanol–water partition coefficient (Wildman–Crippen LogP) is 9.93. The zero-order valence-corrected chi connectivity index (χ0v) is 22.1. The van der Waals surface area contributed by atoms with E-state index in [-0.39, 0.29) is 0 Å². The van der Waals surface area contributed by atoms with E-state index in [4.69, 9.17) is 0 Å². The first-order chi connectivity index (χ1) is 15.8. The summed E-state index contributed by atoms with van der Waals surface area (Å²) in [5.74, 6) is 2.97. The lowest BCUT2D eigenvalue weighted by Gasteiger charge is -2.37. The molecular formula is C31H59N. The highest BCUT2D eigenvalue weighted by molar-refractivity contribution is 4.84. The largest absolute Gasteiger partial charge is 0.303 e. The monoisotopic (exact) mass is 445 g/mol. The van der Waals surface area contributed by atoms with Gasteiger partial charge in [0, 0.05) is 12.6 Å². The smallest absolute Gasteiger partial charge is 0.0121 e. The van der Waals surface area contributed by atoms with Gasteiger partial charge in [0.15, 0.2) is 0 Å². The van der Waals surface area contributed by atoms with Crippen molar-refractivity contribution in [1.82, 2.24) is 4.90 Å². The molecule has 0 N–H and O–H groups in total. The Balaban J connectivity index is 1.65. The molecule has 1 aliphatic heterocycles. The van der Waals surface area contributed by atoms with E-state index in [1.807, 2.05) is 0 Å². The Morgan fingerprint density at radius 2 is 0.688 bits per heavy atom. The van der Waals surface area contributed by atoms with Crippen LogP contribution < -0.4 is 0 Å². The fourth-order valence-electron chi connectivity index (χ4n) is 7.63. The van der Waals surface area contributed by atoms with Gasteiger partial charge >= 0.3 is 0 Å². The van der Waals surface area contributed by atoms with Crippen LogP contribution in [0.5, 0.6) is 0 Å². The van der Waals surface area contributed by atoms with E-state index >= 15 is 0 Å². The first kappa shape index (κ1) is 26.6. The molecule has 0 bridgehead atoms. The van der Waals surface area contributed by atoms with Gasteiger partial charge in [0.05, 0.1) is 0 Å². The average molecular weight is 446 g/mol. The van der Waals surface area contributed by atoms with E-state index in [0.717, 1.165) is 23.8 Å². The van der Waals surface area contributed by atoms with Crippen molar-refractivity contribution < 1.29 is 0 Å². The molecule has 1 heterocycles. The summed E-state index contributed by atoms with van der Waals surface area (Å²) in [4.78, 5) is 2.92. The summed E-state index contributed by atoms with van der Waals surface area (Å²) in [5.41, 5.74) is 0. The third kappa shape index (κ3) is 10.1. The molecule has 32 heavy (non-hydrogen) atoms. The minimum Gasteiger partial charge on any atom is -0.303 e. The highest BCUT2D eigenvalue weighted by Crippen LogP contribution is 2.36. The summed E-state index contributed by atoms with van der Waals surface area (Å²) in [7, 11) is 2.54. The topological polar surface area (TPSA) is 3.24 Å². The van der Waals surface area contributed by atoms with Crippen LogP contribution in [0.1, 0.15) is 161 Å². The lowest BCUT2D eigenvalue weighted by Crippen LogP contribution is -2.41. The molecule has 3 aliphatic rings. The number of fused-ring (bicyclic) bond motifs is 2. The van der Waals surface area contributed by atoms with Crippen molar-refractivity contribution in [3.05, 3.63) is 0 Å². The number of rotatable bonds is 0. The highest BCUT2D eigenvalue weighted by Gasteiger charge is 2.31. The molecule has 2 saturated carbocycles. The van der Waals surface area contributed by atoms with Gasteiger partial charge in [-0.1, -0.05) is 135 Å². The van der Waals surface area contributed by atoms with Crippen molar-refractivity contribution >= 4 is 0 Å². The van der Waals surface area contributed by atoms with E-state index in [0.29, 0.717) is 0 Å². The van der Waals surface area contributed by atoms with Crippen LogP contribution in [0, 0.1) is 17.8 Å². The molecule has 0 spiro atoms. The second-order valence-corrected chi connectivity index (χ2v) is 12.2. The van der Waals surface area contributed by atoms with Crippen LogP contribution in [-0.4, -0.2) is 24.5 Å². The number of nitrogens with zero attached hydrogens (tertiary/aromatic N) is 1. The zero-order valence-electron chi connectivity index (χ0n) is 22.1. The van der Waals surface area contributed by atoms with E-state index in [9.17, 15) is 0 Å². The molecule has 4 unspecified atom stereocenters. The Hall–Kier alpha value is -0.0400. The minimum absolute atomic E-state index is 0.874. The molecule has 0 radical (unpaired) electrons. The van der Waals surface area contributed by atoms with Gasteiger partial charge in [0.1, 0.15) is 0 Å². The first-order valence-corrected chi connectivity index (χ1v) is 15.5. The Morgan fingerprint density at radius 1 is 0.344 bits per heavy atom. The van der Waals surface area contributed by atoms with Gasteiger partial charge in [-0.3, -0.25) is 0 Å². The van der Waals surface area contributed by atoms with Crippen LogP contribution >= 0.6 is 0 Å². The number of hydrogen-bond acceptors (Lipinski definition) is 1. The van der Waals surface area contributed by atoms with Crippen LogP contribution in [-0.2, 0) is 0 Å². The second kappa shape index (κ2) is 16.6. The van der Waals surface area contributed by atoms with Crippen LogP contribution in [0.25, 0.3) is 0 Å². The van der Waals surface area contributed by atoms with E-state index < -0.39 is 0 Å². The molecule has 3 rings (SSSR count). The molecular weight excluding hydrogens is 386 g/mol. The van der Waals surface area contributed by atoms with Crippen LogP contribution in [0.2, 0.25) is 0 Å². The molecule has 0 aromatic heterocycles. The molecule has 1 heteroatoms. The normalized spacial score (nSPS) is 34.8. The first-order valence-electron chi connectivity index (χ1n) is 15.5. The predicted molar refractivity (Wildman–Crippen MR) is 142 cm³/mol. The molecule has 0 aromatic rings. The third-order valence-electron chi connectivity index (χ3n) is 9.67. The molecule has 0 amide bonds. The molecule has 188 valence electrons. The fraction of sp³-hybridized carbons (Fsp3) is 1.00. The Labute approximate surface area is 202 Å².